The van der Waals surface area contributed by atoms with E-state index in [0.717, 1.165) is 17.6 Å². The van der Waals surface area contributed by atoms with Gasteiger partial charge in [-0.05, 0) is 46.2 Å². The Morgan fingerprint density at radius 2 is 1.75 bits per heavy atom. The van der Waals surface area contributed by atoms with Gasteiger partial charge in [-0.1, -0.05) is 33.3 Å². The van der Waals surface area contributed by atoms with Gasteiger partial charge in [0.15, 0.2) is 0 Å². The molecule has 112 valence electrons. The van der Waals surface area contributed by atoms with Crippen LogP contribution in [0.1, 0.15) is 61.8 Å². The van der Waals surface area contributed by atoms with Gasteiger partial charge in [0, 0.05) is 17.0 Å². The van der Waals surface area contributed by atoms with Gasteiger partial charge in [-0.25, -0.2) is 0 Å². The maximum absolute atomic E-state index is 9.52. The van der Waals surface area contributed by atoms with E-state index in [9.17, 15) is 5.26 Å². The monoisotopic (exact) mass is 276 g/mol. The highest BCUT2D eigenvalue weighted by Gasteiger charge is 2.50. The molecule has 0 radical (unpaired) electrons. The molecule has 1 aliphatic heterocycles. The van der Waals surface area contributed by atoms with Crippen LogP contribution in [0.5, 0.6) is 0 Å². The van der Waals surface area contributed by atoms with E-state index in [2.05, 4.69) is 52.4 Å². The molecular formula is C16H29BN2O. The van der Waals surface area contributed by atoms with Gasteiger partial charge < -0.3 is 9.47 Å². The molecule has 0 aromatic carbocycles. The van der Waals surface area contributed by atoms with E-state index >= 15 is 0 Å². The summed E-state index contributed by atoms with van der Waals surface area (Å²) in [6, 6.07) is 3.21. The molecule has 1 atom stereocenters. The molecule has 4 heteroatoms. The van der Waals surface area contributed by atoms with Gasteiger partial charge in [0.05, 0.1) is 6.07 Å². The third kappa shape index (κ3) is 3.65. The van der Waals surface area contributed by atoms with Crippen molar-refractivity contribution in [2.24, 2.45) is 0 Å². The van der Waals surface area contributed by atoms with Crippen molar-refractivity contribution in [3.63, 3.8) is 0 Å². The average molecular weight is 276 g/mol. The van der Waals surface area contributed by atoms with Crippen LogP contribution in [0.2, 0.25) is 5.82 Å². The van der Waals surface area contributed by atoms with E-state index < -0.39 is 0 Å². The van der Waals surface area contributed by atoms with Crippen molar-refractivity contribution in [2.75, 3.05) is 0 Å². The van der Waals surface area contributed by atoms with E-state index in [1.54, 1.807) is 0 Å². The molecule has 3 nitrogen and oxygen atoms in total. The lowest BCUT2D eigenvalue weighted by Gasteiger charge is -2.36. The number of rotatable bonds is 4. The number of nitriles is 1. The quantitative estimate of drug-likeness (QED) is 0.574. The Morgan fingerprint density at radius 1 is 1.25 bits per heavy atom. The molecule has 0 bridgehead atoms. The largest absolute Gasteiger partial charge is 0.416 e. The van der Waals surface area contributed by atoms with Crippen molar-refractivity contribution < 1.29 is 4.65 Å². The van der Waals surface area contributed by atoms with Crippen molar-refractivity contribution in [1.82, 2.24) is 4.81 Å². The highest BCUT2D eigenvalue weighted by molar-refractivity contribution is 6.53. The van der Waals surface area contributed by atoms with Crippen LogP contribution in [-0.2, 0) is 4.65 Å². The lowest BCUT2D eigenvalue weighted by Crippen LogP contribution is -2.51. The molecule has 0 aliphatic carbocycles. The van der Waals surface area contributed by atoms with Crippen molar-refractivity contribution in [2.45, 2.75) is 85.3 Å². The van der Waals surface area contributed by atoms with Gasteiger partial charge in [0.25, 0.3) is 0 Å². The fourth-order valence-corrected chi connectivity index (χ4v) is 3.35. The Balaban J connectivity index is 3.21. The smallest absolute Gasteiger partial charge is 0.392 e. The number of hydrogen-bond acceptors (Lipinski definition) is 3. The van der Waals surface area contributed by atoms with Crippen LogP contribution < -0.4 is 0 Å². The van der Waals surface area contributed by atoms with Crippen LogP contribution >= 0.6 is 0 Å². The van der Waals surface area contributed by atoms with Crippen molar-refractivity contribution in [1.29, 1.82) is 5.26 Å². The van der Waals surface area contributed by atoms with Gasteiger partial charge in [-0.2, -0.15) is 5.26 Å². The molecule has 1 fully saturated rings. The molecule has 1 rings (SSSR count). The highest BCUT2D eigenvalue weighted by atomic mass is 16.5. The molecule has 1 unspecified atom stereocenters. The second kappa shape index (κ2) is 6.32. The van der Waals surface area contributed by atoms with Crippen LogP contribution in [0.4, 0.5) is 0 Å². The van der Waals surface area contributed by atoms with Gasteiger partial charge in [-0.3, -0.25) is 0 Å². The van der Waals surface area contributed by atoms with Crippen molar-refractivity contribution in [3.05, 3.63) is 11.1 Å². The van der Waals surface area contributed by atoms with Crippen LogP contribution in [0.25, 0.3) is 0 Å². The van der Waals surface area contributed by atoms with E-state index in [4.69, 9.17) is 4.65 Å². The lowest BCUT2D eigenvalue weighted by atomic mass is 9.60. The summed E-state index contributed by atoms with van der Waals surface area (Å²) in [5.74, 6) is 0.171. The first-order valence-electron chi connectivity index (χ1n) is 7.63. The summed E-state index contributed by atoms with van der Waals surface area (Å²) in [5.41, 5.74) is 1.83. The van der Waals surface area contributed by atoms with E-state index in [0.29, 0.717) is 12.1 Å². The van der Waals surface area contributed by atoms with Gasteiger partial charge in [0.1, 0.15) is 0 Å². The molecule has 1 heterocycles. The second-order valence-electron chi connectivity index (χ2n) is 7.24. The van der Waals surface area contributed by atoms with Gasteiger partial charge in [-0.15, -0.1) is 0 Å². The molecule has 0 N–H and O–H groups in total. The molecule has 0 spiro atoms. The third-order valence-corrected chi connectivity index (χ3v) is 4.01. The van der Waals surface area contributed by atoms with Gasteiger partial charge >= 0.3 is 7.05 Å². The summed E-state index contributed by atoms with van der Waals surface area (Å²) in [5, 5.41) is 9.52. The summed E-state index contributed by atoms with van der Waals surface area (Å²) in [7, 11) is -0.00505. The predicted octanol–water partition coefficient (Wildman–Crippen LogP) is 4.02. The number of hydrogen-bond donors (Lipinski definition) is 0. The normalized spacial score (nSPS) is 21.7. The third-order valence-electron chi connectivity index (χ3n) is 4.01. The highest BCUT2D eigenvalue weighted by Crippen LogP contribution is 2.44. The fourth-order valence-electron chi connectivity index (χ4n) is 3.35. The zero-order valence-corrected chi connectivity index (χ0v) is 14.3. The first-order chi connectivity index (χ1) is 9.10. The Hall–Kier alpha value is -0.785. The Kier molecular flexibility index (Phi) is 5.46. The summed E-state index contributed by atoms with van der Waals surface area (Å²) in [6.07, 6.45) is 0.904. The SMILES string of the molecule is CC(C)=C(C#N)C1CC(C)(C)OB1N(C(C)C)C(C)C. The van der Waals surface area contributed by atoms with Crippen LogP contribution in [0.3, 0.4) is 0 Å². The van der Waals surface area contributed by atoms with Crippen LogP contribution in [0, 0.1) is 11.3 Å². The molecule has 0 aromatic heterocycles. The zero-order chi connectivity index (χ0) is 15.7. The first kappa shape index (κ1) is 17.3. The molecule has 20 heavy (non-hydrogen) atoms. The minimum atomic E-state index is -0.172. The van der Waals surface area contributed by atoms with Crippen LogP contribution in [-0.4, -0.2) is 29.5 Å². The zero-order valence-electron chi connectivity index (χ0n) is 14.3. The minimum Gasteiger partial charge on any atom is -0.416 e. The maximum Gasteiger partial charge on any atom is 0.392 e. The van der Waals surface area contributed by atoms with Crippen molar-refractivity contribution >= 4 is 7.05 Å². The fraction of sp³-hybridized carbons (Fsp3) is 0.812. The van der Waals surface area contributed by atoms with Crippen LogP contribution in [0.15, 0.2) is 11.1 Å². The Labute approximate surface area is 125 Å². The molecule has 0 saturated carbocycles. The van der Waals surface area contributed by atoms with Gasteiger partial charge in [0.2, 0.25) is 0 Å². The van der Waals surface area contributed by atoms with E-state index in [1.165, 1.54) is 0 Å². The van der Waals surface area contributed by atoms with E-state index in [1.807, 2.05) is 13.8 Å². The number of nitrogens with zero attached hydrogens (tertiary/aromatic N) is 2. The summed E-state index contributed by atoms with van der Waals surface area (Å²) in [4.78, 5) is 2.39. The number of allylic oxidation sites excluding steroid dienone is 2. The summed E-state index contributed by atoms with van der Waals surface area (Å²) < 4.78 is 6.32. The molecule has 1 saturated heterocycles. The Bertz CT molecular complexity index is 409. The molecule has 1 aliphatic rings. The second-order valence-corrected chi connectivity index (χ2v) is 7.24. The van der Waals surface area contributed by atoms with E-state index in [-0.39, 0.29) is 18.5 Å². The summed E-state index contributed by atoms with van der Waals surface area (Å²) >= 11 is 0. The maximum atomic E-state index is 9.52. The lowest BCUT2D eigenvalue weighted by molar-refractivity contribution is 0.108. The first-order valence-corrected chi connectivity index (χ1v) is 7.63. The molecular weight excluding hydrogens is 247 g/mol. The summed E-state index contributed by atoms with van der Waals surface area (Å²) in [6.45, 7) is 17.1. The standard InChI is InChI=1S/C16H29BN2O/c1-11(2)14(10-18)15-9-16(7,8)20-17(15)19(12(3)4)13(5)6/h12-13,15H,9H2,1-8H3. The molecule has 0 amide bonds. The Morgan fingerprint density at radius 3 is 2.10 bits per heavy atom. The topological polar surface area (TPSA) is 36.3 Å². The predicted molar refractivity (Wildman–Crippen MR) is 85.4 cm³/mol. The molecule has 0 aromatic rings. The minimum absolute atomic E-state index is 0.00505. The average Bonchev–Trinajstić information content (AvgIpc) is 2.53. The van der Waals surface area contributed by atoms with Crippen molar-refractivity contribution in [3.8, 4) is 6.07 Å².